The molecular weight excluding hydrogens is 350 g/mol. The van der Waals surface area contributed by atoms with Gasteiger partial charge in [-0.3, -0.25) is 5.10 Å². The summed E-state index contributed by atoms with van der Waals surface area (Å²) in [6.45, 7) is 1.98. The molecule has 0 unspecified atom stereocenters. The Balaban J connectivity index is 2.24. The second kappa shape index (κ2) is 5.54. The van der Waals surface area contributed by atoms with E-state index in [1.54, 1.807) is 0 Å². The van der Waals surface area contributed by atoms with Crippen molar-refractivity contribution in [3.05, 3.63) is 57.5 Å². The summed E-state index contributed by atoms with van der Waals surface area (Å²) in [6, 6.07) is 13.9. The zero-order valence-corrected chi connectivity index (χ0v) is 13.7. The van der Waals surface area contributed by atoms with Crippen LogP contribution in [-0.4, -0.2) is 10.2 Å². The molecule has 3 rings (SSSR count). The van der Waals surface area contributed by atoms with Crippen molar-refractivity contribution in [2.75, 3.05) is 5.73 Å². The molecule has 1 aromatic heterocycles. The van der Waals surface area contributed by atoms with Crippen molar-refractivity contribution >= 4 is 33.3 Å². The van der Waals surface area contributed by atoms with Gasteiger partial charge in [-0.1, -0.05) is 57.9 Å². The van der Waals surface area contributed by atoms with Gasteiger partial charge in [0.15, 0.2) is 5.82 Å². The fourth-order valence-corrected chi connectivity index (χ4v) is 2.95. The average Bonchev–Trinajstić information content (AvgIpc) is 2.83. The highest BCUT2D eigenvalue weighted by Gasteiger charge is 2.17. The van der Waals surface area contributed by atoms with E-state index < -0.39 is 0 Å². The van der Waals surface area contributed by atoms with E-state index in [-0.39, 0.29) is 0 Å². The first-order valence-electron chi connectivity index (χ1n) is 6.43. The number of nitrogens with one attached hydrogen (secondary N) is 1. The van der Waals surface area contributed by atoms with E-state index in [4.69, 9.17) is 17.3 Å². The number of halogens is 2. The van der Waals surface area contributed by atoms with Gasteiger partial charge >= 0.3 is 0 Å². The maximum atomic E-state index is 6.43. The van der Waals surface area contributed by atoms with E-state index in [0.29, 0.717) is 10.8 Å². The van der Waals surface area contributed by atoms with Crippen LogP contribution in [0.4, 0.5) is 5.82 Å². The van der Waals surface area contributed by atoms with E-state index in [1.165, 1.54) is 0 Å². The van der Waals surface area contributed by atoms with Crippen LogP contribution in [0.15, 0.2) is 46.9 Å². The highest BCUT2D eigenvalue weighted by Crippen LogP contribution is 2.39. The highest BCUT2D eigenvalue weighted by molar-refractivity contribution is 9.10. The minimum atomic E-state index is 0.459. The van der Waals surface area contributed by atoms with Crippen molar-refractivity contribution in [3.63, 3.8) is 0 Å². The monoisotopic (exact) mass is 361 g/mol. The van der Waals surface area contributed by atoms with Crippen LogP contribution in [0.3, 0.4) is 0 Å². The van der Waals surface area contributed by atoms with Crippen molar-refractivity contribution in [2.24, 2.45) is 0 Å². The molecule has 0 radical (unpaired) electrons. The lowest BCUT2D eigenvalue weighted by atomic mass is 10.00. The lowest BCUT2D eigenvalue weighted by Gasteiger charge is -2.08. The number of nitrogen functional groups attached to an aromatic ring is 1. The average molecular weight is 363 g/mol. The van der Waals surface area contributed by atoms with Crippen molar-refractivity contribution in [1.82, 2.24) is 10.2 Å². The number of hydrogen-bond donors (Lipinski definition) is 2. The van der Waals surface area contributed by atoms with Crippen molar-refractivity contribution in [3.8, 4) is 22.4 Å². The number of anilines is 1. The van der Waals surface area contributed by atoms with E-state index in [0.717, 1.165) is 32.4 Å². The Morgan fingerprint density at radius 2 is 1.95 bits per heavy atom. The Kier molecular flexibility index (Phi) is 3.74. The first-order valence-corrected chi connectivity index (χ1v) is 7.60. The lowest BCUT2D eigenvalue weighted by molar-refractivity contribution is 1.10. The fourth-order valence-electron chi connectivity index (χ4n) is 2.33. The summed E-state index contributed by atoms with van der Waals surface area (Å²) in [6.07, 6.45) is 0. The Bertz CT molecular complexity index is 811. The van der Waals surface area contributed by atoms with E-state index in [9.17, 15) is 0 Å². The molecule has 0 amide bonds. The molecule has 0 saturated carbocycles. The number of benzene rings is 2. The predicted molar refractivity (Wildman–Crippen MR) is 91.3 cm³/mol. The van der Waals surface area contributed by atoms with Gasteiger partial charge < -0.3 is 5.73 Å². The SMILES string of the molecule is Cc1cccc(-c2[nH]nc(N)c2-c2cccc(Br)c2)c1Cl. The number of H-pyrrole nitrogens is 1. The van der Waals surface area contributed by atoms with E-state index >= 15 is 0 Å². The number of rotatable bonds is 2. The van der Waals surface area contributed by atoms with Gasteiger partial charge in [-0.25, -0.2) is 0 Å². The molecule has 0 aliphatic rings. The van der Waals surface area contributed by atoms with Gasteiger partial charge in [0.05, 0.1) is 16.3 Å². The van der Waals surface area contributed by atoms with Crippen LogP contribution in [0.2, 0.25) is 5.02 Å². The normalized spacial score (nSPS) is 10.8. The first kappa shape index (κ1) is 14.2. The van der Waals surface area contributed by atoms with Crippen LogP contribution in [0.25, 0.3) is 22.4 Å². The van der Waals surface area contributed by atoms with Crippen molar-refractivity contribution in [1.29, 1.82) is 0 Å². The smallest absolute Gasteiger partial charge is 0.153 e. The second-order valence-electron chi connectivity index (χ2n) is 4.81. The Hall–Kier alpha value is -1.78. The zero-order valence-electron chi connectivity index (χ0n) is 11.3. The zero-order chi connectivity index (χ0) is 15.0. The molecule has 5 heteroatoms. The highest BCUT2D eigenvalue weighted by atomic mass is 79.9. The molecule has 0 spiro atoms. The number of aryl methyl sites for hydroxylation is 1. The molecule has 3 aromatic rings. The van der Waals surface area contributed by atoms with Gasteiger partial charge in [0.25, 0.3) is 0 Å². The standard InChI is InChI=1S/C16H13BrClN3/c1-9-4-2-7-12(14(9)18)15-13(16(19)21-20-15)10-5-3-6-11(17)8-10/h2-8H,1H3,(H3,19,20,21). The molecule has 0 atom stereocenters. The third kappa shape index (κ3) is 2.57. The van der Waals surface area contributed by atoms with Gasteiger partial charge in [0.1, 0.15) is 0 Å². The summed E-state index contributed by atoms with van der Waals surface area (Å²) >= 11 is 9.91. The Labute approximate surface area is 136 Å². The molecular formula is C16H13BrClN3. The molecule has 21 heavy (non-hydrogen) atoms. The van der Waals surface area contributed by atoms with Crippen LogP contribution < -0.4 is 5.73 Å². The van der Waals surface area contributed by atoms with Gasteiger partial charge in [-0.2, -0.15) is 5.10 Å². The maximum Gasteiger partial charge on any atom is 0.153 e. The van der Waals surface area contributed by atoms with E-state index in [1.807, 2.05) is 49.4 Å². The molecule has 0 fully saturated rings. The maximum absolute atomic E-state index is 6.43. The minimum Gasteiger partial charge on any atom is -0.382 e. The van der Waals surface area contributed by atoms with Gasteiger partial charge in [0.2, 0.25) is 0 Å². The van der Waals surface area contributed by atoms with Crippen LogP contribution >= 0.6 is 27.5 Å². The first-order chi connectivity index (χ1) is 10.1. The van der Waals surface area contributed by atoms with Crippen molar-refractivity contribution in [2.45, 2.75) is 6.92 Å². The number of nitrogens with two attached hydrogens (primary N) is 1. The van der Waals surface area contributed by atoms with Crippen LogP contribution in [0.5, 0.6) is 0 Å². The molecule has 0 aliphatic heterocycles. The molecule has 0 bridgehead atoms. The summed E-state index contributed by atoms with van der Waals surface area (Å²) in [7, 11) is 0. The summed E-state index contributed by atoms with van der Waals surface area (Å²) in [5.41, 5.74) is 10.6. The van der Waals surface area contributed by atoms with Crippen molar-refractivity contribution < 1.29 is 0 Å². The molecule has 3 N–H and O–H groups in total. The number of aromatic nitrogens is 2. The van der Waals surface area contributed by atoms with Crippen LogP contribution in [0, 0.1) is 6.92 Å². The van der Waals surface area contributed by atoms with E-state index in [2.05, 4.69) is 26.1 Å². The molecule has 0 aliphatic carbocycles. The van der Waals surface area contributed by atoms with Crippen LogP contribution in [-0.2, 0) is 0 Å². The van der Waals surface area contributed by atoms with Gasteiger partial charge in [0, 0.05) is 10.0 Å². The summed E-state index contributed by atoms with van der Waals surface area (Å²) in [5.74, 6) is 0.459. The number of aromatic amines is 1. The fraction of sp³-hybridized carbons (Fsp3) is 0.0625. The number of hydrogen-bond acceptors (Lipinski definition) is 2. The quantitative estimate of drug-likeness (QED) is 0.670. The third-order valence-corrected chi connectivity index (χ3v) is 4.36. The largest absolute Gasteiger partial charge is 0.382 e. The molecule has 3 nitrogen and oxygen atoms in total. The Morgan fingerprint density at radius 3 is 2.71 bits per heavy atom. The minimum absolute atomic E-state index is 0.459. The predicted octanol–water partition coefficient (Wildman–Crippen LogP) is 5.05. The third-order valence-electron chi connectivity index (χ3n) is 3.37. The van der Waals surface area contributed by atoms with Crippen LogP contribution in [0.1, 0.15) is 5.56 Å². The lowest BCUT2D eigenvalue weighted by Crippen LogP contribution is -1.90. The summed E-state index contributed by atoms with van der Waals surface area (Å²) in [5, 5.41) is 7.86. The number of nitrogens with zero attached hydrogens (tertiary/aromatic N) is 1. The van der Waals surface area contributed by atoms with Gasteiger partial charge in [-0.05, 0) is 30.2 Å². The summed E-state index contributed by atoms with van der Waals surface area (Å²) < 4.78 is 0.988. The topological polar surface area (TPSA) is 54.7 Å². The summed E-state index contributed by atoms with van der Waals surface area (Å²) in [4.78, 5) is 0. The second-order valence-corrected chi connectivity index (χ2v) is 6.10. The molecule has 106 valence electrons. The molecule has 2 aromatic carbocycles. The Morgan fingerprint density at radius 1 is 1.19 bits per heavy atom. The van der Waals surface area contributed by atoms with Gasteiger partial charge in [-0.15, -0.1) is 0 Å². The molecule has 1 heterocycles. The molecule has 0 saturated heterocycles.